The number of carbonyl (C=O) groups is 1. The number of hydrogen-bond acceptors (Lipinski definition) is 3. The molecule has 1 atom stereocenters. The molecular weight excluding hydrogens is 288 g/mol. The van der Waals surface area contributed by atoms with E-state index >= 15 is 0 Å². The average molecular weight is 307 g/mol. The fourth-order valence-electron chi connectivity index (χ4n) is 2.10. The maximum atomic E-state index is 12.3. The van der Waals surface area contributed by atoms with E-state index in [1.54, 1.807) is 23.0 Å². The monoisotopic (exact) mass is 306 g/mol. The summed E-state index contributed by atoms with van der Waals surface area (Å²) in [5.41, 5.74) is 1.16. The van der Waals surface area contributed by atoms with Gasteiger partial charge in [0.25, 0.3) is 5.91 Å². The maximum absolute atomic E-state index is 12.3. The summed E-state index contributed by atoms with van der Waals surface area (Å²) in [4.78, 5) is 16.4. The van der Waals surface area contributed by atoms with Crippen LogP contribution < -0.4 is 5.32 Å². The predicted octanol–water partition coefficient (Wildman–Crippen LogP) is 2.99. The molecule has 0 aliphatic carbocycles. The summed E-state index contributed by atoms with van der Waals surface area (Å²) < 4.78 is 1.72. The SMILES string of the molecule is Cn1cc([C@H](NC(=O)c2ccc(Cl)cn2)C(C)(C)C)cn1. The van der Waals surface area contributed by atoms with Crippen LogP contribution in [0.4, 0.5) is 0 Å². The van der Waals surface area contributed by atoms with E-state index in [1.165, 1.54) is 6.20 Å². The van der Waals surface area contributed by atoms with Gasteiger partial charge in [0.1, 0.15) is 5.69 Å². The Kier molecular flexibility index (Phi) is 4.32. The van der Waals surface area contributed by atoms with Crippen LogP contribution in [0.5, 0.6) is 0 Å². The number of pyridine rings is 1. The largest absolute Gasteiger partial charge is 0.343 e. The zero-order valence-corrected chi connectivity index (χ0v) is 13.3. The maximum Gasteiger partial charge on any atom is 0.270 e. The lowest BCUT2D eigenvalue weighted by Gasteiger charge is -2.30. The number of nitrogens with one attached hydrogen (secondary N) is 1. The zero-order chi connectivity index (χ0) is 15.6. The molecule has 2 aromatic heterocycles. The van der Waals surface area contributed by atoms with Crippen LogP contribution in [-0.2, 0) is 7.05 Å². The minimum atomic E-state index is -0.226. The molecule has 0 spiro atoms. The summed E-state index contributed by atoms with van der Waals surface area (Å²) in [6.07, 6.45) is 5.14. The lowest BCUT2D eigenvalue weighted by molar-refractivity contribution is 0.0896. The first-order valence-electron chi connectivity index (χ1n) is 6.68. The van der Waals surface area contributed by atoms with Crippen molar-refractivity contribution in [3.63, 3.8) is 0 Å². The van der Waals surface area contributed by atoms with Gasteiger partial charge in [0.2, 0.25) is 0 Å². The third kappa shape index (κ3) is 3.82. The van der Waals surface area contributed by atoms with Crippen molar-refractivity contribution in [2.24, 2.45) is 12.5 Å². The van der Waals surface area contributed by atoms with Crippen molar-refractivity contribution >= 4 is 17.5 Å². The number of aromatic nitrogens is 3. The van der Waals surface area contributed by atoms with Gasteiger partial charge in [-0.15, -0.1) is 0 Å². The van der Waals surface area contributed by atoms with E-state index in [0.29, 0.717) is 10.7 Å². The molecule has 112 valence electrons. The Labute approximate surface area is 129 Å². The minimum Gasteiger partial charge on any atom is -0.343 e. The summed E-state index contributed by atoms with van der Waals surface area (Å²) in [6.45, 7) is 6.21. The normalized spacial score (nSPS) is 13.0. The Balaban J connectivity index is 2.23. The predicted molar refractivity (Wildman–Crippen MR) is 82.1 cm³/mol. The average Bonchev–Trinajstić information content (AvgIpc) is 2.81. The van der Waals surface area contributed by atoms with Crippen LogP contribution in [0.25, 0.3) is 0 Å². The second-order valence-corrected chi connectivity index (χ2v) is 6.52. The van der Waals surface area contributed by atoms with Crippen LogP contribution in [-0.4, -0.2) is 20.7 Å². The molecule has 1 amide bonds. The molecule has 0 radical (unpaired) electrons. The van der Waals surface area contributed by atoms with E-state index in [9.17, 15) is 4.79 Å². The Morgan fingerprint density at radius 1 is 1.33 bits per heavy atom. The number of rotatable bonds is 3. The molecule has 0 bridgehead atoms. The highest BCUT2D eigenvalue weighted by Crippen LogP contribution is 2.32. The summed E-state index contributed by atoms with van der Waals surface area (Å²) in [6, 6.07) is 3.11. The summed E-state index contributed by atoms with van der Waals surface area (Å²) >= 11 is 5.79. The lowest BCUT2D eigenvalue weighted by Crippen LogP contribution is -2.36. The van der Waals surface area contributed by atoms with Crippen LogP contribution in [0.1, 0.15) is 42.9 Å². The van der Waals surface area contributed by atoms with Crippen molar-refractivity contribution in [2.75, 3.05) is 0 Å². The number of amides is 1. The number of carbonyl (C=O) groups excluding carboxylic acids is 1. The first-order valence-corrected chi connectivity index (χ1v) is 7.06. The van der Waals surface area contributed by atoms with Gasteiger partial charge in [-0.2, -0.15) is 5.10 Å². The van der Waals surface area contributed by atoms with Crippen molar-refractivity contribution < 1.29 is 4.79 Å². The van der Waals surface area contributed by atoms with Crippen LogP contribution in [0.3, 0.4) is 0 Å². The first-order chi connectivity index (χ1) is 9.77. The Bertz CT molecular complexity index is 628. The third-order valence-electron chi connectivity index (χ3n) is 3.16. The highest BCUT2D eigenvalue weighted by molar-refractivity contribution is 6.30. The number of nitrogens with zero attached hydrogens (tertiary/aromatic N) is 3. The van der Waals surface area contributed by atoms with Gasteiger partial charge in [0, 0.05) is 25.0 Å². The number of halogens is 1. The van der Waals surface area contributed by atoms with Gasteiger partial charge in [-0.3, -0.25) is 9.48 Å². The van der Waals surface area contributed by atoms with E-state index in [1.807, 2.05) is 13.2 Å². The first kappa shape index (κ1) is 15.5. The van der Waals surface area contributed by atoms with Crippen LogP contribution in [0.2, 0.25) is 5.02 Å². The van der Waals surface area contributed by atoms with E-state index in [0.717, 1.165) is 5.56 Å². The molecule has 0 aromatic carbocycles. The quantitative estimate of drug-likeness (QED) is 0.948. The lowest BCUT2D eigenvalue weighted by atomic mass is 9.83. The summed E-state index contributed by atoms with van der Waals surface area (Å²) in [5.74, 6) is -0.226. The van der Waals surface area contributed by atoms with Crippen molar-refractivity contribution in [1.82, 2.24) is 20.1 Å². The topological polar surface area (TPSA) is 59.8 Å². The standard InChI is InChI=1S/C15H19ClN4O/c1-15(2,3)13(10-7-18-20(4)9-10)19-14(21)12-6-5-11(16)8-17-12/h5-9,13H,1-4H3,(H,19,21)/t13-/m0/s1. The Morgan fingerprint density at radius 2 is 2.05 bits per heavy atom. The van der Waals surface area contributed by atoms with Gasteiger partial charge in [-0.1, -0.05) is 32.4 Å². The van der Waals surface area contributed by atoms with Crippen molar-refractivity contribution in [3.05, 3.63) is 47.0 Å². The highest BCUT2D eigenvalue weighted by Gasteiger charge is 2.29. The second kappa shape index (κ2) is 5.85. The molecule has 0 saturated carbocycles. The van der Waals surface area contributed by atoms with Crippen LogP contribution in [0.15, 0.2) is 30.7 Å². The van der Waals surface area contributed by atoms with E-state index in [4.69, 9.17) is 11.6 Å². The molecule has 0 aliphatic rings. The zero-order valence-electron chi connectivity index (χ0n) is 12.6. The smallest absolute Gasteiger partial charge is 0.270 e. The molecule has 2 aromatic rings. The van der Waals surface area contributed by atoms with E-state index in [-0.39, 0.29) is 17.4 Å². The molecule has 2 heterocycles. The fourth-order valence-corrected chi connectivity index (χ4v) is 2.22. The molecular formula is C15H19ClN4O. The van der Waals surface area contributed by atoms with Gasteiger partial charge in [-0.25, -0.2) is 4.98 Å². The highest BCUT2D eigenvalue weighted by atomic mass is 35.5. The number of aryl methyl sites for hydroxylation is 1. The van der Waals surface area contributed by atoms with Gasteiger partial charge < -0.3 is 5.32 Å². The molecule has 1 N–H and O–H groups in total. The number of hydrogen-bond donors (Lipinski definition) is 1. The molecule has 0 unspecified atom stereocenters. The molecule has 2 rings (SSSR count). The Morgan fingerprint density at radius 3 is 2.52 bits per heavy atom. The van der Waals surface area contributed by atoms with Crippen molar-refractivity contribution in [2.45, 2.75) is 26.8 Å². The van der Waals surface area contributed by atoms with Crippen LogP contribution >= 0.6 is 11.6 Å². The third-order valence-corrected chi connectivity index (χ3v) is 3.38. The molecule has 0 saturated heterocycles. The molecule has 5 nitrogen and oxygen atoms in total. The van der Waals surface area contributed by atoms with E-state index in [2.05, 4.69) is 36.2 Å². The summed E-state index contributed by atoms with van der Waals surface area (Å²) in [5, 5.41) is 7.71. The van der Waals surface area contributed by atoms with Gasteiger partial charge in [0.05, 0.1) is 17.3 Å². The molecule has 0 aliphatic heterocycles. The van der Waals surface area contributed by atoms with Crippen molar-refractivity contribution in [1.29, 1.82) is 0 Å². The fraction of sp³-hybridized carbons (Fsp3) is 0.400. The summed E-state index contributed by atoms with van der Waals surface area (Å²) in [7, 11) is 1.85. The Hall–Kier alpha value is -1.88. The van der Waals surface area contributed by atoms with E-state index < -0.39 is 0 Å². The van der Waals surface area contributed by atoms with Crippen molar-refractivity contribution in [3.8, 4) is 0 Å². The van der Waals surface area contributed by atoms with Crippen LogP contribution in [0, 0.1) is 5.41 Å². The minimum absolute atomic E-state index is 0.148. The van der Waals surface area contributed by atoms with Gasteiger partial charge in [-0.05, 0) is 17.5 Å². The molecule has 0 fully saturated rings. The van der Waals surface area contributed by atoms with Gasteiger partial charge >= 0.3 is 0 Å². The molecule has 6 heteroatoms. The van der Waals surface area contributed by atoms with Gasteiger partial charge in [0.15, 0.2) is 0 Å². The second-order valence-electron chi connectivity index (χ2n) is 6.08. The molecule has 21 heavy (non-hydrogen) atoms.